The molecule has 0 unspecified atom stereocenters. The molecule has 3 aliphatic rings. The normalized spacial score (nSPS) is 18.8. The molecule has 0 saturated carbocycles. The number of hydrogen-bond donors (Lipinski definition) is 1. The minimum atomic E-state index is -3.74. The number of piperidine rings is 1. The van der Waals surface area contributed by atoms with E-state index in [0.717, 1.165) is 69.5 Å². The third kappa shape index (κ3) is 5.25. The molecule has 2 fully saturated rings. The van der Waals surface area contributed by atoms with Crippen LogP contribution in [0.15, 0.2) is 46.1 Å². The van der Waals surface area contributed by atoms with Crippen molar-refractivity contribution < 1.29 is 17.9 Å². The number of benzene rings is 2. The lowest BCUT2D eigenvalue weighted by Gasteiger charge is -2.31. The second kappa shape index (κ2) is 11.3. The molecular weight excluding hydrogens is 530 g/mol. The first-order valence-corrected chi connectivity index (χ1v) is 15.7. The quantitative estimate of drug-likeness (QED) is 0.505. The van der Waals surface area contributed by atoms with Crippen molar-refractivity contribution in [3.63, 3.8) is 0 Å². The number of nitrogens with one attached hydrogen (secondary N) is 1. The second-order valence-electron chi connectivity index (χ2n) is 10.7. The first-order valence-electron chi connectivity index (χ1n) is 14.2. The summed E-state index contributed by atoms with van der Waals surface area (Å²) in [6.07, 6.45) is 6.98. The van der Waals surface area contributed by atoms with E-state index in [0.29, 0.717) is 55.0 Å². The first kappa shape index (κ1) is 26.9. The van der Waals surface area contributed by atoms with Crippen LogP contribution in [0.5, 0.6) is 0 Å². The SMILES string of the molecule is O=C(Nc1cc(S(=O)(=O)N2CCOCC2)ccc1N1CCCCC1)c1ccc2c(=O)n3c(nc2c1)CCCCC3. The summed E-state index contributed by atoms with van der Waals surface area (Å²) in [6, 6.07) is 9.96. The van der Waals surface area contributed by atoms with E-state index in [9.17, 15) is 18.0 Å². The van der Waals surface area contributed by atoms with Gasteiger partial charge < -0.3 is 15.0 Å². The standard InChI is InChI=1S/C29H35N5O5S/c35-28(21-8-10-23-24(19-21)30-27-7-3-1-6-14-34(27)29(23)36)31-25-20-22(40(37,38)33-15-17-39-18-16-33)9-11-26(25)32-12-4-2-5-13-32/h8-11,19-20H,1-7,12-18H2,(H,31,35). The number of morpholine rings is 1. The molecule has 1 N–H and O–H groups in total. The summed E-state index contributed by atoms with van der Waals surface area (Å²) in [5.74, 6) is 0.388. The highest BCUT2D eigenvalue weighted by Crippen LogP contribution is 2.33. The Hall–Kier alpha value is -3.28. The highest BCUT2D eigenvalue weighted by molar-refractivity contribution is 7.89. The zero-order valence-electron chi connectivity index (χ0n) is 22.6. The van der Waals surface area contributed by atoms with Crippen molar-refractivity contribution in [2.45, 2.75) is 56.4 Å². The monoisotopic (exact) mass is 565 g/mol. The maximum Gasteiger partial charge on any atom is 0.261 e. The molecule has 0 atom stereocenters. The van der Waals surface area contributed by atoms with Gasteiger partial charge >= 0.3 is 0 Å². The Kier molecular flexibility index (Phi) is 7.61. The van der Waals surface area contributed by atoms with Crippen LogP contribution in [0.3, 0.4) is 0 Å². The van der Waals surface area contributed by atoms with E-state index in [2.05, 4.69) is 10.2 Å². The number of aryl methyl sites for hydroxylation is 1. The summed E-state index contributed by atoms with van der Waals surface area (Å²) in [7, 11) is -3.74. The van der Waals surface area contributed by atoms with Gasteiger partial charge in [-0.15, -0.1) is 0 Å². The number of carbonyl (C=O) groups is 1. The Bertz CT molecular complexity index is 1590. The van der Waals surface area contributed by atoms with Crippen molar-refractivity contribution in [2.75, 3.05) is 49.6 Å². The number of sulfonamides is 1. The molecule has 4 heterocycles. The highest BCUT2D eigenvalue weighted by atomic mass is 32.2. The minimum absolute atomic E-state index is 0.0673. The third-order valence-electron chi connectivity index (χ3n) is 8.10. The van der Waals surface area contributed by atoms with Crippen molar-refractivity contribution in [1.29, 1.82) is 0 Å². The molecule has 11 heteroatoms. The highest BCUT2D eigenvalue weighted by Gasteiger charge is 2.28. The number of amides is 1. The molecule has 40 heavy (non-hydrogen) atoms. The predicted octanol–water partition coefficient (Wildman–Crippen LogP) is 3.39. The molecule has 1 aromatic heterocycles. The fourth-order valence-corrected chi connectivity index (χ4v) is 7.31. The van der Waals surface area contributed by atoms with Crippen LogP contribution in [0.1, 0.15) is 54.7 Å². The number of hydrogen-bond acceptors (Lipinski definition) is 7. The van der Waals surface area contributed by atoms with Crippen LogP contribution in [0.25, 0.3) is 10.9 Å². The number of carbonyl (C=O) groups excluding carboxylic acids is 1. The fraction of sp³-hybridized carbons (Fsp3) is 0.483. The summed E-state index contributed by atoms with van der Waals surface area (Å²) in [4.78, 5) is 33.8. The van der Waals surface area contributed by atoms with Crippen molar-refractivity contribution in [3.8, 4) is 0 Å². The van der Waals surface area contributed by atoms with Crippen LogP contribution in [0.2, 0.25) is 0 Å². The number of ether oxygens (including phenoxy) is 1. The molecule has 0 aliphatic carbocycles. The third-order valence-corrected chi connectivity index (χ3v) is 9.99. The van der Waals surface area contributed by atoms with Crippen LogP contribution < -0.4 is 15.8 Å². The molecular formula is C29H35N5O5S. The molecule has 6 rings (SSSR count). The topological polar surface area (TPSA) is 114 Å². The zero-order chi connectivity index (χ0) is 27.7. The van der Waals surface area contributed by atoms with Crippen molar-refractivity contribution >= 4 is 38.2 Å². The van der Waals surface area contributed by atoms with E-state index in [-0.39, 0.29) is 16.4 Å². The average molecular weight is 566 g/mol. The lowest BCUT2D eigenvalue weighted by molar-refractivity contribution is 0.0730. The number of anilines is 2. The van der Waals surface area contributed by atoms with Gasteiger partial charge in [-0.2, -0.15) is 4.31 Å². The Labute approximate surface area is 234 Å². The van der Waals surface area contributed by atoms with Crippen LogP contribution in [0.4, 0.5) is 11.4 Å². The molecule has 3 aliphatic heterocycles. The van der Waals surface area contributed by atoms with Gasteiger partial charge in [0.25, 0.3) is 11.5 Å². The Morgan fingerprint density at radius 1 is 0.875 bits per heavy atom. The van der Waals surface area contributed by atoms with Crippen LogP contribution in [0, 0.1) is 0 Å². The summed E-state index contributed by atoms with van der Waals surface area (Å²) >= 11 is 0. The maximum atomic E-state index is 13.6. The fourth-order valence-electron chi connectivity index (χ4n) is 5.88. The van der Waals surface area contributed by atoms with Gasteiger partial charge in [-0.1, -0.05) is 6.42 Å². The van der Waals surface area contributed by atoms with Crippen LogP contribution in [-0.2, 0) is 27.7 Å². The molecule has 0 radical (unpaired) electrons. The smallest absolute Gasteiger partial charge is 0.261 e. The summed E-state index contributed by atoms with van der Waals surface area (Å²) in [5, 5.41) is 3.49. The first-order chi connectivity index (χ1) is 19.4. The van der Waals surface area contributed by atoms with Gasteiger partial charge in [-0.3, -0.25) is 14.2 Å². The van der Waals surface area contributed by atoms with Gasteiger partial charge in [-0.25, -0.2) is 13.4 Å². The Balaban J connectivity index is 1.35. The minimum Gasteiger partial charge on any atom is -0.379 e. The molecule has 0 spiro atoms. The number of aromatic nitrogens is 2. The number of fused-ring (bicyclic) bond motifs is 2. The van der Waals surface area contributed by atoms with Gasteiger partial charge in [0.15, 0.2) is 0 Å². The average Bonchev–Trinajstić information content (AvgIpc) is 3.23. The molecule has 3 aromatic rings. The molecule has 2 aromatic carbocycles. The molecule has 1 amide bonds. The van der Waals surface area contributed by atoms with Gasteiger partial charge in [0, 0.05) is 44.7 Å². The van der Waals surface area contributed by atoms with Gasteiger partial charge in [0.05, 0.1) is 40.4 Å². The van der Waals surface area contributed by atoms with Crippen molar-refractivity contribution in [3.05, 3.63) is 58.1 Å². The molecule has 0 bridgehead atoms. The van der Waals surface area contributed by atoms with Crippen LogP contribution in [-0.4, -0.2) is 67.6 Å². The van der Waals surface area contributed by atoms with Crippen molar-refractivity contribution in [1.82, 2.24) is 13.9 Å². The Morgan fingerprint density at radius 3 is 2.42 bits per heavy atom. The lowest BCUT2D eigenvalue weighted by Crippen LogP contribution is -2.40. The van der Waals surface area contributed by atoms with Crippen molar-refractivity contribution in [2.24, 2.45) is 0 Å². The second-order valence-corrected chi connectivity index (χ2v) is 12.7. The van der Waals surface area contributed by atoms with Crippen LogP contribution >= 0.6 is 0 Å². The van der Waals surface area contributed by atoms with Gasteiger partial charge in [-0.05, 0) is 68.5 Å². The van der Waals surface area contributed by atoms with Gasteiger partial charge in [0.2, 0.25) is 10.0 Å². The van der Waals surface area contributed by atoms with E-state index in [1.807, 2.05) is 0 Å². The number of nitrogens with zero attached hydrogens (tertiary/aromatic N) is 4. The lowest BCUT2D eigenvalue weighted by atomic mass is 10.1. The van der Waals surface area contributed by atoms with E-state index in [1.54, 1.807) is 41.0 Å². The summed E-state index contributed by atoms with van der Waals surface area (Å²) < 4.78 is 35.3. The summed E-state index contributed by atoms with van der Waals surface area (Å²) in [6.45, 7) is 3.66. The zero-order valence-corrected chi connectivity index (χ0v) is 23.4. The molecule has 212 valence electrons. The van der Waals surface area contributed by atoms with E-state index >= 15 is 0 Å². The van der Waals surface area contributed by atoms with E-state index in [4.69, 9.17) is 9.72 Å². The molecule has 2 saturated heterocycles. The van der Waals surface area contributed by atoms with E-state index < -0.39 is 10.0 Å². The predicted molar refractivity (Wildman–Crippen MR) is 154 cm³/mol. The number of rotatable bonds is 5. The summed E-state index contributed by atoms with van der Waals surface area (Å²) in [5.41, 5.74) is 2.06. The largest absolute Gasteiger partial charge is 0.379 e. The molecule has 10 nitrogen and oxygen atoms in total. The van der Waals surface area contributed by atoms with E-state index in [1.165, 1.54) is 4.31 Å². The Morgan fingerprint density at radius 2 is 1.62 bits per heavy atom. The van der Waals surface area contributed by atoms with Gasteiger partial charge in [0.1, 0.15) is 5.82 Å². The maximum absolute atomic E-state index is 13.6.